The zero-order valence-electron chi connectivity index (χ0n) is 18.4. The molecule has 2 heterocycles. The van der Waals surface area contributed by atoms with Crippen molar-refractivity contribution >= 4 is 16.9 Å². The van der Waals surface area contributed by atoms with Gasteiger partial charge in [-0.1, -0.05) is 12.1 Å². The van der Waals surface area contributed by atoms with Crippen LogP contribution >= 0.6 is 0 Å². The highest BCUT2D eigenvalue weighted by Gasteiger charge is 2.23. The van der Waals surface area contributed by atoms with Gasteiger partial charge in [0, 0.05) is 30.6 Å². The average molecular weight is 423 g/mol. The van der Waals surface area contributed by atoms with Crippen molar-refractivity contribution in [3.63, 3.8) is 0 Å². The van der Waals surface area contributed by atoms with E-state index in [0.29, 0.717) is 26.2 Å². The average Bonchev–Trinajstić information content (AvgIpc) is 3.16. The lowest BCUT2D eigenvalue weighted by atomic mass is 10.0. The fourth-order valence-electron chi connectivity index (χ4n) is 4.09. The van der Waals surface area contributed by atoms with Crippen LogP contribution in [0.3, 0.4) is 0 Å². The molecule has 164 valence electrons. The fourth-order valence-corrected chi connectivity index (χ4v) is 4.09. The van der Waals surface area contributed by atoms with E-state index in [9.17, 15) is 4.79 Å². The number of carbonyl (C=O) groups excluding carboxylic acids is 1. The molecule has 6 heteroatoms. The van der Waals surface area contributed by atoms with Gasteiger partial charge < -0.3 is 19.2 Å². The van der Waals surface area contributed by atoms with E-state index in [4.69, 9.17) is 13.9 Å². The van der Waals surface area contributed by atoms with Gasteiger partial charge in [-0.05, 0) is 54.8 Å². The highest BCUT2D eigenvalue weighted by molar-refractivity contribution is 5.88. The van der Waals surface area contributed by atoms with E-state index in [-0.39, 0.29) is 11.9 Å². The number of hydrogen-bond acceptors (Lipinski definition) is 5. The van der Waals surface area contributed by atoms with Crippen molar-refractivity contribution in [3.05, 3.63) is 64.9 Å². The molecule has 3 aromatic rings. The third-order valence-corrected chi connectivity index (χ3v) is 6.10. The number of rotatable bonds is 7. The first-order chi connectivity index (χ1) is 15.0. The number of hydrogen-bond donors (Lipinski definition) is 1. The van der Waals surface area contributed by atoms with Gasteiger partial charge in [-0.25, -0.2) is 0 Å². The summed E-state index contributed by atoms with van der Waals surface area (Å²) >= 11 is 0. The SMILES string of the molecule is COc1ccc(C(CNC(=O)Cc2coc3cc(C)c(C)cc23)N2CCOCC2)cc1. The summed E-state index contributed by atoms with van der Waals surface area (Å²) in [5, 5.41) is 4.15. The Labute approximate surface area is 183 Å². The molecule has 0 bridgehead atoms. The number of fused-ring (bicyclic) bond motifs is 1. The lowest BCUT2D eigenvalue weighted by Gasteiger charge is -2.35. The van der Waals surface area contributed by atoms with Crippen LogP contribution in [0, 0.1) is 13.8 Å². The molecule has 0 aliphatic carbocycles. The number of benzene rings is 2. The Bertz CT molecular complexity index is 1040. The Morgan fingerprint density at radius 3 is 2.55 bits per heavy atom. The monoisotopic (exact) mass is 422 g/mol. The molecule has 1 amide bonds. The largest absolute Gasteiger partial charge is 0.497 e. The van der Waals surface area contributed by atoms with Crippen LogP contribution in [0.15, 0.2) is 47.1 Å². The van der Waals surface area contributed by atoms with E-state index in [2.05, 4.69) is 42.3 Å². The molecule has 1 aromatic heterocycles. The second kappa shape index (κ2) is 9.54. The summed E-state index contributed by atoms with van der Waals surface area (Å²) in [6.45, 7) is 7.79. The van der Waals surface area contributed by atoms with Crippen molar-refractivity contribution in [1.29, 1.82) is 0 Å². The standard InChI is InChI=1S/C25H30N2O4/c1-17-12-22-20(16-31-24(22)13-18(17)2)14-25(28)26-15-23(27-8-10-30-11-9-27)19-4-6-21(29-3)7-5-19/h4-7,12-13,16,23H,8-11,14-15H2,1-3H3,(H,26,28). The second-order valence-electron chi connectivity index (χ2n) is 8.11. The molecule has 1 aliphatic heterocycles. The Morgan fingerprint density at radius 1 is 1.13 bits per heavy atom. The quantitative estimate of drug-likeness (QED) is 0.628. The fraction of sp³-hybridized carbons (Fsp3) is 0.400. The third kappa shape index (κ3) is 4.92. The van der Waals surface area contributed by atoms with Gasteiger partial charge in [0.15, 0.2) is 0 Å². The van der Waals surface area contributed by atoms with E-state index in [0.717, 1.165) is 40.9 Å². The molecule has 4 rings (SSSR count). The summed E-state index contributed by atoms with van der Waals surface area (Å²) < 4.78 is 16.5. The molecule has 0 saturated carbocycles. The van der Waals surface area contributed by atoms with Crippen LogP contribution in [-0.2, 0) is 16.0 Å². The van der Waals surface area contributed by atoms with Gasteiger partial charge in [-0.15, -0.1) is 0 Å². The van der Waals surface area contributed by atoms with Gasteiger partial charge in [0.25, 0.3) is 0 Å². The van der Waals surface area contributed by atoms with Crippen LogP contribution in [-0.4, -0.2) is 50.8 Å². The highest BCUT2D eigenvalue weighted by Crippen LogP contribution is 2.26. The van der Waals surface area contributed by atoms with E-state index < -0.39 is 0 Å². The van der Waals surface area contributed by atoms with Crippen molar-refractivity contribution in [2.24, 2.45) is 0 Å². The van der Waals surface area contributed by atoms with Crippen LogP contribution in [0.4, 0.5) is 0 Å². The molecule has 1 N–H and O–H groups in total. The Hall–Kier alpha value is -2.83. The number of carbonyl (C=O) groups is 1. The molecule has 1 saturated heterocycles. The number of aryl methyl sites for hydroxylation is 2. The minimum absolute atomic E-state index is 0.00676. The van der Waals surface area contributed by atoms with Gasteiger partial charge in [0.2, 0.25) is 5.91 Å². The van der Waals surface area contributed by atoms with E-state index >= 15 is 0 Å². The molecule has 6 nitrogen and oxygen atoms in total. The normalized spacial score (nSPS) is 15.7. The van der Waals surface area contributed by atoms with Gasteiger partial charge >= 0.3 is 0 Å². The molecule has 1 atom stereocenters. The van der Waals surface area contributed by atoms with E-state index in [1.807, 2.05) is 18.2 Å². The molecule has 0 radical (unpaired) electrons. The van der Waals surface area contributed by atoms with Gasteiger partial charge in [0.1, 0.15) is 11.3 Å². The summed E-state index contributed by atoms with van der Waals surface area (Å²) in [5.74, 6) is 0.818. The molecule has 1 aliphatic rings. The van der Waals surface area contributed by atoms with Crippen molar-refractivity contribution in [3.8, 4) is 5.75 Å². The molecule has 1 fully saturated rings. The Balaban J connectivity index is 1.46. The predicted octanol–water partition coefficient (Wildman–Crippen LogP) is 3.79. The molecule has 1 unspecified atom stereocenters. The van der Waals surface area contributed by atoms with E-state index in [1.54, 1.807) is 13.4 Å². The summed E-state index contributed by atoms with van der Waals surface area (Å²) in [4.78, 5) is 15.2. The first kappa shape index (κ1) is 21.4. The molecule has 31 heavy (non-hydrogen) atoms. The van der Waals surface area contributed by atoms with Crippen LogP contribution in [0.2, 0.25) is 0 Å². The number of methoxy groups -OCH3 is 1. The zero-order chi connectivity index (χ0) is 21.8. The van der Waals surface area contributed by atoms with Crippen molar-refractivity contribution < 1.29 is 18.7 Å². The molecule has 2 aromatic carbocycles. The maximum atomic E-state index is 12.8. The summed E-state index contributed by atoms with van der Waals surface area (Å²) in [6.07, 6.45) is 2.00. The first-order valence-corrected chi connectivity index (χ1v) is 10.7. The van der Waals surface area contributed by atoms with Gasteiger partial charge in [-0.3, -0.25) is 9.69 Å². The maximum absolute atomic E-state index is 12.8. The van der Waals surface area contributed by atoms with Crippen LogP contribution in [0.5, 0.6) is 5.75 Å². The third-order valence-electron chi connectivity index (χ3n) is 6.10. The zero-order valence-corrected chi connectivity index (χ0v) is 18.4. The Kier molecular flexibility index (Phi) is 6.59. The number of nitrogens with zero attached hydrogens (tertiary/aromatic N) is 1. The minimum atomic E-state index is -0.00676. The molecular formula is C25H30N2O4. The van der Waals surface area contributed by atoms with E-state index in [1.165, 1.54) is 11.1 Å². The van der Waals surface area contributed by atoms with Crippen LogP contribution < -0.4 is 10.1 Å². The second-order valence-corrected chi connectivity index (χ2v) is 8.11. The Morgan fingerprint density at radius 2 is 1.84 bits per heavy atom. The smallest absolute Gasteiger partial charge is 0.224 e. The highest BCUT2D eigenvalue weighted by atomic mass is 16.5. The number of amides is 1. The van der Waals surface area contributed by atoms with Gasteiger partial charge in [0.05, 0.1) is 39.0 Å². The lowest BCUT2D eigenvalue weighted by molar-refractivity contribution is -0.120. The van der Waals surface area contributed by atoms with Crippen molar-refractivity contribution in [2.75, 3.05) is 40.0 Å². The summed E-state index contributed by atoms with van der Waals surface area (Å²) in [5.41, 5.74) is 5.29. The summed E-state index contributed by atoms with van der Waals surface area (Å²) in [7, 11) is 1.66. The maximum Gasteiger partial charge on any atom is 0.224 e. The number of furan rings is 1. The first-order valence-electron chi connectivity index (χ1n) is 10.7. The number of nitrogens with one attached hydrogen (secondary N) is 1. The minimum Gasteiger partial charge on any atom is -0.497 e. The number of morpholine rings is 1. The van der Waals surface area contributed by atoms with Crippen molar-refractivity contribution in [1.82, 2.24) is 10.2 Å². The topological polar surface area (TPSA) is 63.9 Å². The van der Waals surface area contributed by atoms with Crippen molar-refractivity contribution in [2.45, 2.75) is 26.3 Å². The molecular weight excluding hydrogens is 392 g/mol. The number of ether oxygens (including phenoxy) is 2. The van der Waals surface area contributed by atoms with Gasteiger partial charge in [-0.2, -0.15) is 0 Å². The predicted molar refractivity (Wildman–Crippen MR) is 121 cm³/mol. The molecule has 0 spiro atoms. The van der Waals surface area contributed by atoms with Crippen LogP contribution in [0.25, 0.3) is 11.0 Å². The lowest BCUT2D eigenvalue weighted by Crippen LogP contribution is -2.44. The summed E-state index contributed by atoms with van der Waals surface area (Å²) in [6, 6.07) is 12.3. The van der Waals surface area contributed by atoms with Crippen LogP contribution in [0.1, 0.15) is 28.3 Å².